The van der Waals surface area contributed by atoms with Crippen LogP contribution in [0, 0.1) is 0 Å². The number of pyridine rings is 1. The molecule has 1 aromatic carbocycles. The normalized spacial score (nSPS) is 12.4. The SMILES string of the molecule is CC(N)Cc1ncccc1-c1ccccc1. The van der Waals surface area contributed by atoms with Crippen LogP contribution in [0.5, 0.6) is 0 Å². The summed E-state index contributed by atoms with van der Waals surface area (Å²) in [5, 5.41) is 0. The molecule has 0 aliphatic carbocycles. The second-order valence-electron chi connectivity index (χ2n) is 4.05. The minimum absolute atomic E-state index is 0.136. The van der Waals surface area contributed by atoms with Gasteiger partial charge in [0.1, 0.15) is 0 Å². The van der Waals surface area contributed by atoms with Gasteiger partial charge in [0.2, 0.25) is 0 Å². The number of rotatable bonds is 3. The minimum Gasteiger partial charge on any atom is -0.328 e. The first-order valence-electron chi connectivity index (χ1n) is 5.52. The average Bonchev–Trinajstić information content (AvgIpc) is 2.30. The second-order valence-corrected chi connectivity index (χ2v) is 4.05. The van der Waals surface area contributed by atoms with E-state index >= 15 is 0 Å². The van der Waals surface area contributed by atoms with Gasteiger partial charge in [0.25, 0.3) is 0 Å². The summed E-state index contributed by atoms with van der Waals surface area (Å²) in [4.78, 5) is 4.42. The highest BCUT2D eigenvalue weighted by molar-refractivity contribution is 5.65. The number of hydrogen-bond donors (Lipinski definition) is 1. The highest BCUT2D eigenvalue weighted by Crippen LogP contribution is 2.22. The Morgan fingerprint density at radius 1 is 1.12 bits per heavy atom. The maximum atomic E-state index is 5.83. The van der Waals surface area contributed by atoms with Crippen molar-refractivity contribution in [3.63, 3.8) is 0 Å². The topological polar surface area (TPSA) is 38.9 Å². The Morgan fingerprint density at radius 3 is 2.56 bits per heavy atom. The summed E-state index contributed by atoms with van der Waals surface area (Å²) in [5.74, 6) is 0. The van der Waals surface area contributed by atoms with Crippen LogP contribution >= 0.6 is 0 Å². The van der Waals surface area contributed by atoms with Gasteiger partial charge in [-0.15, -0.1) is 0 Å². The van der Waals surface area contributed by atoms with Gasteiger partial charge in [-0.1, -0.05) is 36.4 Å². The zero-order valence-electron chi connectivity index (χ0n) is 9.43. The van der Waals surface area contributed by atoms with Gasteiger partial charge in [-0.3, -0.25) is 4.98 Å². The van der Waals surface area contributed by atoms with E-state index in [9.17, 15) is 0 Å². The molecule has 1 heterocycles. The summed E-state index contributed by atoms with van der Waals surface area (Å²) in [6.07, 6.45) is 2.63. The molecule has 0 fully saturated rings. The summed E-state index contributed by atoms with van der Waals surface area (Å²) in [5.41, 5.74) is 9.29. The van der Waals surface area contributed by atoms with Crippen LogP contribution in [0.15, 0.2) is 48.7 Å². The van der Waals surface area contributed by atoms with Crippen LogP contribution in [0.4, 0.5) is 0 Å². The van der Waals surface area contributed by atoms with Crippen LogP contribution in [0.1, 0.15) is 12.6 Å². The van der Waals surface area contributed by atoms with Crippen LogP contribution in [0.25, 0.3) is 11.1 Å². The third-order valence-corrected chi connectivity index (χ3v) is 2.49. The molecule has 0 aliphatic heterocycles. The van der Waals surface area contributed by atoms with E-state index in [-0.39, 0.29) is 6.04 Å². The fraction of sp³-hybridized carbons (Fsp3) is 0.214. The number of aromatic nitrogens is 1. The van der Waals surface area contributed by atoms with Crippen molar-refractivity contribution in [3.05, 3.63) is 54.4 Å². The predicted molar refractivity (Wildman–Crippen MR) is 67.0 cm³/mol. The molecular weight excluding hydrogens is 196 g/mol. The van der Waals surface area contributed by atoms with Crippen LogP contribution in [-0.4, -0.2) is 11.0 Å². The van der Waals surface area contributed by atoms with E-state index in [4.69, 9.17) is 5.73 Å². The Kier molecular flexibility index (Phi) is 3.32. The van der Waals surface area contributed by atoms with Crippen molar-refractivity contribution in [1.29, 1.82) is 0 Å². The molecule has 0 radical (unpaired) electrons. The van der Waals surface area contributed by atoms with Crippen molar-refractivity contribution >= 4 is 0 Å². The molecule has 1 unspecified atom stereocenters. The second kappa shape index (κ2) is 4.90. The quantitative estimate of drug-likeness (QED) is 0.849. The van der Waals surface area contributed by atoms with Gasteiger partial charge >= 0.3 is 0 Å². The van der Waals surface area contributed by atoms with Crippen LogP contribution in [-0.2, 0) is 6.42 Å². The molecule has 0 saturated heterocycles. The molecule has 2 heteroatoms. The molecule has 0 amide bonds. The van der Waals surface area contributed by atoms with E-state index in [0.717, 1.165) is 12.1 Å². The maximum Gasteiger partial charge on any atom is 0.0497 e. The molecule has 82 valence electrons. The third-order valence-electron chi connectivity index (χ3n) is 2.49. The summed E-state index contributed by atoms with van der Waals surface area (Å²) in [6, 6.07) is 14.5. The lowest BCUT2D eigenvalue weighted by atomic mass is 10.0. The smallest absolute Gasteiger partial charge is 0.0497 e. The van der Waals surface area contributed by atoms with E-state index in [1.165, 1.54) is 11.1 Å². The fourth-order valence-corrected chi connectivity index (χ4v) is 1.79. The molecule has 0 aliphatic rings. The first kappa shape index (κ1) is 10.8. The van der Waals surface area contributed by atoms with Crippen molar-refractivity contribution in [1.82, 2.24) is 4.98 Å². The largest absolute Gasteiger partial charge is 0.328 e. The lowest BCUT2D eigenvalue weighted by molar-refractivity contribution is 0.723. The summed E-state index contributed by atoms with van der Waals surface area (Å²) < 4.78 is 0. The van der Waals surface area contributed by atoms with E-state index in [0.29, 0.717) is 0 Å². The molecule has 0 spiro atoms. The lowest BCUT2D eigenvalue weighted by Gasteiger charge is -2.10. The van der Waals surface area contributed by atoms with Gasteiger partial charge in [0, 0.05) is 29.9 Å². The molecule has 2 aromatic rings. The molecule has 1 atom stereocenters. The van der Waals surface area contributed by atoms with Crippen molar-refractivity contribution in [2.75, 3.05) is 0 Å². The van der Waals surface area contributed by atoms with Crippen molar-refractivity contribution in [2.45, 2.75) is 19.4 Å². The Labute approximate surface area is 96.1 Å². The zero-order chi connectivity index (χ0) is 11.4. The van der Waals surface area contributed by atoms with Crippen LogP contribution in [0.3, 0.4) is 0 Å². The third kappa shape index (κ3) is 2.47. The highest BCUT2D eigenvalue weighted by atomic mass is 14.7. The summed E-state index contributed by atoms with van der Waals surface area (Å²) in [7, 11) is 0. The summed E-state index contributed by atoms with van der Waals surface area (Å²) >= 11 is 0. The first-order chi connectivity index (χ1) is 7.77. The summed E-state index contributed by atoms with van der Waals surface area (Å²) in [6.45, 7) is 2.00. The molecule has 1 aromatic heterocycles. The van der Waals surface area contributed by atoms with Gasteiger partial charge in [0.05, 0.1) is 0 Å². The molecule has 2 rings (SSSR count). The molecule has 2 N–H and O–H groups in total. The van der Waals surface area contributed by atoms with E-state index in [1.54, 1.807) is 0 Å². The first-order valence-corrected chi connectivity index (χ1v) is 5.52. The minimum atomic E-state index is 0.136. The Bertz CT molecular complexity index is 449. The standard InChI is InChI=1S/C14H16N2/c1-11(15)10-14-13(8-5-9-16-14)12-6-3-2-4-7-12/h2-9,11H,10,15H2,1H3. The van der Waals surface area contributed by atoms with Gasteiger partial charge in [-0.05, 0) is 18.6 Å². The van der Waals surface area contributed by atoms with Crippen molar-refractivity contribution in [3.8, 4) is 11.1 Å². The number of nitrogens with two attached hydrogens (primary N) is 1. The fourth-order valence-electron chi connectivity index (χ4n) is 1.79. The molecule has 0 saturated carbocycles. The Morgan fingerprint density at radius 2 is 1.88 bits per heavy atom. The van der Waals surface area contributed by atoms with Gasteiger partial charge < -0.3 is 5.73 Å². The van der Waals surface area contributed by atoms with E-state index in [1.807, 2.05) is 37.4 Å². The Hall–Kier alpha value is -1.67. The highest BCUT2D eigenvalue weighted by Gasteiger charge is 2.07. The monoisotopic (exact) mass is 212 g/mol. The molecule has 16 heavy (non-hydrogen) atoms. The van der Waals surface area contributed by atoms with Crippen LogP contribution < -0.4 is 5.73 Å². The lowest BCUT2D eigenvalue weighted by Crippen LogP contribution is -2.19. The molecular formula is C14H16N2. The van der Waals surface area contributed by atoms with Gasteiger partial charge in [-0.25, -0.2) is 0 Å². The number of nitrogens with zero attached hydrogens (tertiary/aromatic N) is 1. The Balaban J connectivity index is 2.41. The predicted octanol–water partition coefficient (Wildman–Crippen LogP) is 2.64. The van der Waals surface area contributed by atoms with E-state index in [2.05, 4.69) is 23.2 Å². The van der Waals surface area contributed by atoms with Gasteiger partial charge in [-0.2, -0.15) is 0 Å². The van der Waals surface area contributed by atoms with Gasteiger partial charge in [0.15, 0.2) is 0 Å². The van der Waals surface area contributed by atoms with Crippen molar-refractivity contribution < 1.29 is 0 Å². The van der Waals surface area contributed by atoms with Crippen molar-refractivity contribution in [2.24, 2.45) is 5.73 Å². The average molecular weight is 212 g/mol. The van der Waals surface area contributed by atoms with Crippen LogP contribution in [0.2, 0.25) is 0 Å². The zero-order valence-corrected chi connectivity index (χ0v) is 9.43. The van der Waals surface area contributed by atoms with E-state index < -0.39 is 0 Å². The molecule has 0 bridgehead atoms. The number of hydrogen-bond acceptors (Lipinski definition) is 2. The molecule has 2 nitrogen and oxygen atoms in total. The number of benzene rings is 1. The maximum absolute atomic E-state index is 5.83.